The lowest BCUT2D eigenvalue weighted by Gasteiger charge is -2.59. The van der Waals surface area contributed by atoms with E-state index in [1.165, 1.54) is 22.3 Å². The van der Waals surface area contributed by atoms with Gasteiger partial charge >= 0.3 is 0 Å². The van der Waals surface area contributed by atoms with Gasteiger partial charge in [-0.1, -0.05) is 54.6 Å². The normalized spacial score (nSPS) is 33.6. The maximum absolute atomic E-state index is 14.1. The Morgan fingerprint density at radius 2 is 1.68 bits per heavy atom. The van der Waals surface area contributed by atoms with Crippen molar-refractivity contribution in [2.24, 2.45) is 11.8 Å². The van der Waals surface area contributed by atoms with E-state index in [2.05, 4.69) is 62.0 Å². The zero-order valence-electron chi connectivity index (χ0n) is 18.8. The third-order valence-electron chi connectivity index (χ3n) is 8.44. The zero-order valence-corrected chi connectivity index (χ0v) is 18.8. The predicted octanol–water partition coefficient (Wildman–Crippen LogP) is 4.13. The van der Waals surface area contributed by atoms with Gasteiger partial charge in [-0.3, -0.25) is 4.79 Å². The van der Waals surface area contributed by atoms with Gasteiger partial charge < -0.3 is 14.4 Å². The van der Waals surface area contributed by atoms with Gasteiger partial charge in [0.15, 0.2) is 0 Å². The molecule has 2 bridgehead atoms. The number of rotatable bonds is 6. The molecule has 1 heterocycles. The number of hydrogen-bond donors (Lipinski definition) is 0. The largest absolute Gasteiger partial charge is 0.382 e. The Hall–Kier alpha value is -2.43. The highest BCUT2D eigenvalue weighted by molar-refractivity contribution is 5.89. The van der Waals surface area contributed by atoms with Gasteiger partial charge in [0, 0.05) is 38.6 Å². The molecule has 0 aromatic heterocycles. The van der Waals surface area contributed by atoms with E-state index in [0.717, 1.165) is 6.42 Å². The Balaban J connectivity index is 1.92. The number of likely N-dealkylation sites (tertiary alicyclic amines) is 1. The maximum atomic E-state index is 14.1. The van der Waals surface area contributed by atoms with Crippen molar-refractivity contribution in [3.8, 4) is 0 Å². The minimum atomic E-state index is -0.596. The van der Waals surface area contributed by atoms with Crippen LogP contribution < -0.4 is 0 Å². The van der Waals surface area contributed by atoms with E-state index in [4.69, 9.17) is 9.47 Å². The third kappa shape index (κ3) is 2.30. The molecule has 1 saturated heterocycles. The van der Waals surface area contributed by atoms with Crippen molar-refractivity contribution >= 4 is 5.91 Å². The topological polar surface area (TPSA) is 38.8 Å². The van der Waals surface area contributed by atoms with Gasteiger partial charge in [0.2, 0.25) is 5.91 Å². The van der Waals surface area contributed by atoms with Crippen molar-refractivity contribution in [3.05, 3.63) is 83.4 Å². The van der Waals surface area contributed by atoms with Crippen molar-refractivity contribution in [3.63, 3.8) is 0 Å². The molecule has 1 fully saturated rings. The van der Waals surface area contributed by atoms with E-state index in [0.29, 0.717) is 6.61 Å². The van der Waals surface area contributed by atoms with Crippen molar-refractivity contribution in [2.45, 2.75) is 36.3 Å². The molecule has 4 aliphatic rings. The van der Waals surface area contributed by atoms with Gasteiger partial charge in [0.25, 0.3) is 0 Å². The smallest absolute Gasteiger partial charge is 0.227 e. The molecule has 1 amide bonds. The molecule has 2 aromatic rings. The molecular formula is C27H31NO3. The monoisotopic (exact) mass is 417 g/mol. The van der Waals surface area contributed by atoms with Crippen molar-refractivity contribution in [2.75, 3.05) is 27.9 Å². The summed E-state index contributed by atoms with van der Waals surface area (Å²) in [5, 5.41) is 0. The maximum Gasteiger partial charge on any atom is 0.227 e. The second-order valence-electron chi connectivity index (χ2n) is 9.45. The van der Waals surface area contributed by atoms with E-state index in [9.17, 15) is 4.79 Å². The highest BCUT2D eigenvalue weighted by Crippen LogP contribution is 2.68. The summed E-state index contributed by atoms with van der Waals surface area (Å²) in [6.45, 7) is 6.68. The summed E-state index contributed by atoms with van der Waals surface area (Å²) in [5.74, 6) is 0.277. The fourth-order valence-electron chi connectivity index (χ4n) is 7.20. The molecule has 162 valence electrons. The van der Waals surface area contributed by atoms with Crippen LogP contribution in [0.5, 0.6) is 0 Å². The van der Waals surface area contributed by atoms with Crippen LogP contribution in [-0.4, -0.2) is 50.3 Å². The minimum absolute atomic E-state index is 0.127. The molecule has 0 radical (unpaired) electrons. The lowest BCUT2D eigenvalue weighted by atomic mass is 9.43. The number of amides is 1. The molecule has 0 saturated carbocycles. The van der Waals surface area contributed by atoms with Crippen molar-refractivity contribution in [1.29, 1.82) is 0 Å². The van der Waals surface area contributed by atoms with Crippen molar-refractivity contribution in [1.82, 2.24) is 4.90 Å². The first-order valence-corrected chi connectivity index (χ1v) is 11.1. The molecule has 4 nitrogen and oxygen atoms in total. The lowest BCUT2D eigenvalue weighted by Crippen LogP contribution is -2.61. The summed E-state index contributed by atoms with van der Waals surface area (Å²) >= 11 is 0. The molecular weight excluding hydrogens is 386 g/mol. The van der Waals surface area contributed by atoms with Crippen molar-refractivity contribution < 1.29 is 14.3 Å². The molecule has 1 aliphatic heterocycles. The van der Waals surface area contributed by atoms with Crippen LogP contribution in [-0.2, 0) is 19.7 Å². The summed E-state index contributed by atoms with van der Waals surface area (Å²) in [6, 6.07) is 17.3. The fraction of sp³-hybridized carbons (Fsp3) is 0.444. The number of carbonyl (C=O) groups excluding carboxylic acids is 1. The van der Waals surface area contributed by atoms with Crippen LogP contribution in [0, 0.1) is 11.8 Å². The highest BCUT2D eigenvalue weighted by atomic mass is 16.5. The predicted molar refractivity (Wildman–Crippen MR) is 121 cm³/mol. The second-order valence-corrected chi connectivity index (χ2v) is 9.45. The van der Waals surface area contributed by atoms with Gasteiger partial charge in [-0.15, -0.1) is 6.58 Å². The quantitative estimate of drug-likeness (QED) is 0.664. The van der Waals surface area contributed by atoms with Gasteiger partial charge in [0.05, 0.1) is 24.0 Å². The number of ether oxygens (including phenoxy) is 2. The van der Waals surface area contributed by atoms with Crippen LogP contribution in [0.3, 0.4) is 0 Å². The van der Waals surface area contributed by atoms with E-state index < -0.39 is 5.41 Å². The number of nitrogens with zero attached hydrogens (tertiary/aromatic N) is 1. The second kappa shape index (κ2) is 7.04. The Morgan fingerprint density at radius 1 is 1.10 bits per heavy atom. The van der Waals surface area contributed by atoms with E-state index in [-0.39, 0.29) is 35.3 Å². The first-order chi connectivity index (χ1) is 15.0. The Bertz CT molecular complexity index is 999. The third-order valence-corrected chi connectivity index (χ3v) is 8.44. The first kappa shape index (κ1) is 20.5. The SMILES string of the molecule is C=CC[C@]1(C)[C@H]2C3c4ccccc4C([C@@H](COC)OC)(c4ccccc43)[C@H]2C(=O)N1C. The van der Waals surface area contributed by atoms with Gasteiger partial charge in [-0.2, -0.15) is 0 Å². The summed E-state index contributed by atoms with van der Waals surface area (Å²) in [4.78, 5) is 16.1. The summed E-state index contributed by atoms with van der Waals surface area (Å²) < 4.78 is 11.8. The summed E-state index contributed by atoms with van der Waals surface area (Å²) in [7, 11) is 5.41. The van der Waals surface area contributed by atoms with Crippen LogP contribution in [0.1, 0.15) is 41.5 Å². The highest BCUT2D eigenvalue weighted by Gasteiger charge is 2.72. The fourth-order valence-corrected chi connectivity index (χ4v) is 7.20. The van der Waals surface area contributed by atoms with Crippen LogP contribution in [0.15, 0.2) is 61.2 Å². The summed E-state index contributed by atoms with van der Waals surface area (Å²) in [5.41, 5.74) is 4.16. The molecule has 4 atom stereocenters. The van der Waals surface area contributed by atoms with Gasteiger partial charge in [0.1, 0.15) is 0 Å². The standard InChI is InChI=1S/C27H31NO3/c1-6-15-26(2)23-22-17-11-7-9-13-19(17)27(21(31-5)16-30-4,24(23)25(29)28(26)3)20-14-10-8-12-18(20)22/h6-14,21-24H,1,15-16H2,2-5H3/t21-,22?,23+,24-,26-,27?/m1/s1. The number of carbonyl (C=O) groups is 1. The molecule has 0 spiro atoms. The average Bonchev–Trinajstić information content (AvgIpc) is 2.99. The zero-order chi connectivity index (χ0) is 22.0. The number of benzene rings is 2. The van der Waals surface area contributed by atoms with E-state index in [1.54, 1.807) is 14.2 Å². The minimum Gasteiger partial charge on any atom is -0.382 e. The Morgan fingerprint density at radius 3 is 2.19 bits per heavy atom. The molecule has 2 aromatic carbocycles. The van der Waals surface area contributed by atoms with E-state index >= 15 is 0 Å². The molecule has 4 heteroatoms. The Labute approximate surface area is 184 Å². The molecule has 0 unspecified atom stereocenters. The average molecular weight is 418 g/mol. The number of hydrogen-bond acceptors (Lipinski definition) is 3. The summed E-state index contributed by atoms with van der Waals surface area (Å²) in [6.07, 6.45) is 2.44. The molecule has 0 N–H and O–H groups in total. The molecule has 6 rings (SSSR count). The molecule has 31 heavy (non-hydrogen) atoms. The van der Waals surface area contributed by atoms with Crippen LogP contribution in [0.25, 0.3) is 0 Å². The Kier molecular flexibility index (Phi) is 4.65. The van der Waals surface area contributed by atoms with E-state index in [1.807, 2.05) is 18.0 Å². The van der Waals surface area contributed by atoms with Crippen LogP contribution in [0.4, 0.5) is 0 Å². The van der Waals surface area contributed by atoms with Crippen LogP contribution >= 0.6 is 0 Å². The first-order valence-electron chi connectivity index (χ1n) is 11.1. The molecule has 3 aliphatic carbocycles. The van der Waals surface area contributed by atoms with Crippen LogP contribution in [0.2, 0.25) is 0 Å². The van der Waals surface area contributed by atoms with Gasteiger partial charge in [-0.25, -0.2) is 0 Å². The lowest BCUT2D eigenvalue weighted by molar-refractivity contribution is -0.136. The van der Waals surface area contributed by atoms with Gasteiger partial charge in [-0.05, 0) is 35.6 Å². The number of methoxy groups -OCH3 is 2.